The number of hydrogen-bond acceptors (Lipinski definition) is 1. The molecule has 0 bridgehead atoms. The summed E-state index contributed by atoms with van der Waals surface area (Å²) in [6.07, 6.45) is 1.75. The molecule has 0 aromatic heterocycles. The number of halogens is 2. The standard InChI is InChI=1S/C11H13F2N/c1-8(7-14-2)3-9-4-10(12)6-11(13)5-9/h3-6,14H,7H2,1-2H3/b8-3+. The quantitative estimate of drug-likeness (QED) is 0.785. The van der Waals surface area contributed by atoms with Gasteiger partial charge in [-0.1, -0.05) is 11.6 Å². The van der Waals surface area contributed by atoms with E-state index >= 15 is 0 Å². The van der Waals surface area contributed by atoms with Gasteiger partial charge in [-0.05, 0) is 31.7 Å². The van der Waals surface area contributed by atoms with Crippen LogP contribution >= 0.6 is 0 Å². The van der Waals surface area contributed by atoms with Crippen molar-refractivity contribution < 1.29 is 8.78 Å². The predicted octanol–water partition coefficient (Wildman–Crippen LogP) is 2.59. The first-order chi connectivity index (χ1) is 6.61. The van der Waals surface area contributed by atoms with Crippen LogP contribution in [0.15, 0.2) is 23.8 Å². The third-order valence-corrected chi connectivity index (χ3v) is 1.75. The summed E-state index contributed by atoms with van der Waals surface area (Å²) in [5, 5.41) is 2.96. The Bertz CT molecular complexity index is 325. The fraction of sp³-hybridized carbons (Fsp3) is 0.273. The van der Waals surface area contributed by atoms with Crippen LogP contribution in [0.3, 0.4) is 0 Å². The fourth-order valence-corrected chi connectivity index (χ4v) is 1.27. The number of rotatable bonds is 3. The third kappa shape index (κ3) is 3.26. The van der Waals surface area contributed by atoms with E-state index in [2.05, 4.69) is 5.32 Å². The van der Waals surface area contributed by atoms with E-state index in [0.717, 1.165) is 11.6 Å². The van der Waals surface area contributed by atoms with E-state index in [0.29, 0.717) is 12.1 Å². The summed E-state index contributed by atoms with van der Waals surface area (Å²) < 4.78 is 25.6. The van der Waals surface area contributed by atoms with E-state index < -0.39 is 11.6 Å². The molecule has 14 heavy (non-hydrogen) atoms. The van der Waals surface area contributed by atoms with E-state index in [1.165, 1.54) is 12.1 Å². The molecule has 0 saturated heterocycles. The Balaban J connectivity index is 2.90. The van der Waals surface area contributed by atoms with Crippen LogP contribution in [0.4, 0.5) is 8.78 Å². The van der Waals surface area contributed by atoms with Gasteiger partial charge in [-0.3, -0.25) is 0 Å². The molecule has 0 aliphatic carbocycles. The second kappa shape index (κ2) is 4.86. The molecule has 0 fully saturated rings. The largest absolute Gasteiger partial charge is 0.316 e. The van der Waals surface area contributed by atoms with Crippen LogP contribution in [0.25, 0.3) is 6.08 Å². The lowest BCUT2D eigenvalue weighted by Gasteiger charge is -2.00. The van der Waals surface area contributed by atoms with Crippen molar-refractivity contribution in [3.8, 4) is 0 Å². The molecule has 3 heteroatoms. The highest BCUT2D eigenvalue weighted by atomic mass is 19.1. The van der Waals surface area contributed by atoms with Crippen molar-refractivity contribution in [3.63, 3.8) is 0 Å². The normalized spacial score (nSPS) is 11.9. The van der Waals surface area contributed by atoms with E-state index in [1.807, 2.05) is 14.0 Å². The van der Waals surface area contributed by atoms with E-state index in [1.54, 1.807) is 6.08 Å². The lowest BCUT2D eigenvalue weighted by atomic mass is 10.1. The summed E-state index contributed by atoms with van der Waals surface area (Å²) in [6.45, 7) is 2.61. The minimum absolute atomic E-state index is 0.548. The van der Waals surface area contributed by atoms with Crippen molar-refractivity contribution in [1.82, 2.24) is 5.32 Å². The first kappa shape index (κ1) is 10.9. The van der Waals surface area contributed by atoms with Crippen molar-refractivity contribution in [1.29, 1.82) is 0 Å². The molecule has 1 rings (SSSR count). The maximum absolute atomic E-state index is 12.8. The van der Waals surface area contributed by atoms with Gasteiger partial charge in [-0.2, -0.15) is 0 Å². The molecule has 0 heterocycles. The van der Waals surface area contributed by atoms with Gasteiger partial charge in [0.2, 0.25) is 0 Å². The average molecular weight is 197 g/mol. The number of benzene rings is 1. The van der Waals surface area contributed by atoms with Gasteiger partial charge in [-0.15, -0.1) is 0 Å². The van der Waals surface area contributed by atoms with Crippen molar-refractivity contribution >= 4 is 6.08 Å². The zero-order valence-electron chi connectivity index (χ0n) is 8.27. The maximum Gasteiger partial charge on any atom is 0.126 e. The van der Waals surface area contributed by atoms with Crippen LogP contribution in [0.5, 0.6) is 0 Å². The minimum atomic E-state index is -0.548. The lowest BCUT2D eigenvalue weighted by Crippen LogP contribution is -2.08. The Morgan fingerprint density at radius 2 is 1.86 bits per heavy atom. The summed E-state index contributed by atoms with van der Waals surface area (Å²) in [7, 11) is 1.82. The molecule has 0 radical (unpaired) electrons. The SMILES string of the molecule is CNC/C(C)=C/c1cc(F)cc(F)c1. The van der Waals surface area contributed by atoms with Gasteiger partial charge in [0.05, 0.1) is 0 Å². The van der Waals surface area contributed by atoms with Gasteiger partial charge in [-0.25, -0.2) is 8.78 Å². The molecule has 0 saturated carbocycles. The number of likely N-dealkylation sites (N-methyl/N-ethyl adjacent to an activating group) is 1. The molecule has 1 nitrogen and oxygen atoms in total. The summed E-state index contributed by atoms with van der Waals surface area (Å²) in [5.74, 6) is -1.10. The summed E-state index contributed by atoms with van der Waals surface area (Å²) >= 11 is 0. The Hall–Kier alpha value is -1.22. The Kier molecular flexibility index (Phi) is 3.77. The van der Waals surface area contributed by atoms with Crippen LogP contribution in [0, 0.1) is 11.6 Å². The first-order valence-electron chi connectivity index (χ1n) is 4.39. The van der Waals surface area contributed by atoms with Crippen LogP contribution in [-0.4, -0.2) is 13.6 Å². The molecule has 0 spiro atoms. The van der Waals surface area contributed by atoms with Crippen molar-refractivity contribution in [2.75, 3.05) is 13.6 Å². The lowest BCUT2D eigenvalue weighted by molar-refractivity contribution is 0.583. The second-order valence-corrected chi connectivity index (χ2v) is 3.22. The van der Waals surface area contributed by atoms with Gasteiger partial charge in [0.1, 0.15) is 11.6 Å². The van der Waals surface area contributed by atoms with Crippen LogP contribution < -0.4 is 5.32 Å². The Labute approximate surface area is 82.4 Å². The molecule has 1 N–H and O–H groups in total. The van der Waals surface area contributed by atoms with E-state index in [4.69, 9.17) is 0 Å². The van der Waals surface area contributed by atoms with Gasteiger partial charge in [0.25, 0.3) is 0 Å². The van der Waals surface area contributed by atoms with Gasteiger partial charge in [0.15, 0.2) is 0 Å². The van der Waals surface area contributed by atoms with Crippen LogP contribution in [0.1, 0.15) is 12.5 Å². The first-order valence-corrected chi connectivity index (χ1v) is 4.39. The predicted molar refractivity (Wildman–Crippen MR) is 53.9 cm³/mol. The zero-order valence-corrected chi connectivity index (χ0v) is 8.27. The monoisotopic (exact) mass is 197 g/mol. The van der Waals surface area contributed by atoms with Crippen LogP contribution in [0.2, 0.25) is 0 Å². The summed E-state index contributed by atoms with van der Waals surface area (Å²) in [4.78, 5) is 0. The molecule has 1 aromatic rings. The summed E-state index contributed by atoms with van der Waals surface area (Å²) in [6, 6.07) is 3.48. The highest BCUT2D eigenvalue weighted by Gasteiger charge is 1.98. The average Bonchev–Trinajstić information content (AvgIpc) is 2.01. The number of hydrogen-bond donors (Lipinski definition) is 1. The molecule has 76 valence electrons. The van der Waals surface area contributed by atoms with Crippen molar-refractivity contribution in [2.24, 2.45) is 0 Å². The molecule has 0 aliphatic heterocycles. The van der Waals surface area contributed by atoms with Gasteiger partial charge in [0, 0.05) is 12.6 Å². The zero-order chi connectivity index (χ0) is 10.6. The number of nitrogens with one attached hydrogen (secondary N) is 1. The molecule has 0 aliphatic rings. The minimum Gasteiger partial charge on any atom is -0.316 e. The van der Waals surface area contributed by atoms with Crippen molar-refractivity contribution in [2.45, 2.75) is 6.92 Å². The van der Waals surface area contributed by atoms with Gasteiger partial charge >= 0.3 is 0 Å². The summed E-state index contributed by atoms with van der Waals surface area (Å²) in [5.41, 5.74) is 1.58. The molecule has 1 aromatic carbocycles. The Morgan fingerprint density at radius 3 is 2.36 bits per heavy atom. The van der Waals surface area contributed by atoms with Crippen LogP contribution in [-0.2, 0) is 0 Å². The Morgan fingerprint density at radius 1 is 1.29 bits per heavy atom. The molecule has 0 unspecified atom stereocenters. The fourth-order valence-electron chi connectivity index (χ4n) is 1.27. The smallest absolute Gasteiger partial charge is 0.126 e. The highest BCUT2D eigenvalue weighted by molar-refractivity contribution is 5.52. The topological polar surface area (TPSA) is 12.0 Å². The van der Waals surface area contributed by atoms with Gasteiger partial charge < -0.3 is 5.32 Å². The third-order valence-electron chi connectivity index (χ3n) is 1.75. The molecular weight excluding hydrogens is 184 g/mol. The van der Waals surface area contributed by atoms with Crippen molar-refractivity contribution in [3.05, 3.63) is 41.0 Å². The van der Waals surface area contributed by atoms with E-state index in [9.17, 15) is 8.78 Å². The maximum atomic E-state index is 12.8. The molecule has 0 atom stereocenters. The molecular formula is C11H13F2N. The van der Waals surface area contributed by atoms with E-state index in [-0.39, 0.29) is 0 Å². The second-order valence-electron chi connectivity index (χ2n) is 3.22. The molecule has 0 amide bonds. The highest BCUT2D eigenvalue weighted by Crippen LogP contribution is 2.11.